The van der Waals surface area contributed by atoms with Gasteiger partial charge in [0.2, 0.25) is 0 Å². The van der Waals surface area contributed by atoms with Crippen LogP contribution in [0.25, 0.3) is 0 Å². The van der Waals surface area contributed by atoms with Crippen LogP contribution in [0.2, 0.25) is 5.02 Å². The fourth-order valence-corrected chi connectivity index (χ4v) is 5.82. The van der Waals surface area contributed by atoms with Gasteiger partial charge in [0.05, 0.1) is 29.5 Å². The molecule has 28 heavy (non-hydrogen) atoms. The average molecular weight is 440 g/mol. The zero-order chi connectivity index (χ0) is 19.9. The lowest BCUT2D eigenvalue weighted by atomic mass is 10.2. The maximum atomic E-state index is 12.3. The molecule has 0 atom stereocenters. The molecule has 150 valence electrons. The third kappa shape index (κ3) is 5.43. The number of anilines is 1. The van der Waals surface area contributed by atoms with Gasteiger partial charge in [0.15, 0.2) is 6.61 Å². The van der Waals surface area contributed by atoms with Gasteiger partial charge in [-0.1, -0.05) is 23.7 Å². The molecule has 1 fully saturated rings. The minimum absolute atomic E-state index is 0.111. The second-order valence-corrected chi connectivity index (χ2v) is 9.15. The Morgan fingerprint density at radius 3 is 2.43 bits per heavy atom. The topological polar surface area (TPSA) is 56.8 Å². The van der Waals surface area contributed by atoms with E-state index in [4.69, 9.17) is 25.8 Å². The number of hydrogen-bond acceptors (Lipinski definition) is 6. The highest BCUT2D eigenvalue weighted by molar-refractivity contribution is 8.16. The SMILES string of the molecule is COc1cc(NC(=O)COc2ccc(C3SCCCS3)cc2)c(OC)cc1Cl. The number of amides is 1. The smallest absolute Gasteiger partial charge is 0.262 e. The normalized spacial score (nSPS) is 14.4. The Morgan fingerprint density at radius 2 is 1.79 bits per heavy atom. The Kier molecular flexibility index (Phi) is 7.65. The fraction of sp³-hybridized carbons (Fsp3) is 0.350. The molecule has 0 aliphatic carbocycles. The molecule has 8 heteroatoms. The summed E-state index contributed by atoms with van der Waals surface area (Å²) in [4.78, 5) is 12.3. The number of thioether (sulfide) groups is 2. The number of hydrogen-bond donors (Lipinski definition) is 1. The first-order valence-corrected chi connectivity index (χ1v) is 11.3. The molecule has 1 saturated heterocycles. The van der Waals surface area contributed by atoms with Crippen LogP contribution in [-0.4, -0.2) is 38.2 Å². The first-order chi connectivity index (χ1) is 13.6. The second-order valence-electron chi connectivity index (χ2n) is 6.02. The van der Waals surface area contributed by atoms with Gasteiger partial charge in [0.1, 0.15) is 17.2 Å². The highest BCUT2D eigenvalue weighted by Crippen LogP contribution is 2.43. The van der Waals surface area contributed by atoms with E-state index in [0.717, 1.165) is 0 Å². The van der Waals surface area contributed by atoms with Gasteiger partial charge in [-0.2, -0.15) is 0 Å². The van der Waals surface area contributed by atoms with Gasteiger partial charge in [-0.15, -0.1) is 23.5 Å². The zero-order valence-electron chi connectivity index (χ0n) is 15.7. The molecule has 0 unspecified atom stereocenters. The number of ether oxygens (including phenoxy) is 3. The number of halogens is 1. The molecule has 0 bridgehead atoms. The summed E-state index contributed by atoms with van der Waals surface area (Å²) in [5.41, 5.74) is 1.75. The summed E-state index contributed by atoms with van der Waals surface area (Å²) in [5.74, 6) is 3.67. The molecule has 0 radical (unpaired) electrons. The van der Waals surface area contributed by atoms with Crippen molar-refractivity contribution < 1.29 is 19.0 Å². The average Bonchev–Trinajstić information content (AvgIpc) is 2.74. The molecule has 0 saturated carbocycles. The minimum Gasteiger partial charge on any atom is -0.495 e. The van der Waals surface area contributed by atoms with Gasteiger partial charge in [0.25, 0.3) is 5.91 Å². The molecule has 1 aliphatic heterocycles. The van der Waals surface area contributed by atoms with E-state index in [1.165, 1.54) is 37.7 Å². The highest BCUT2D eigenvalue weighted by atomic mass is 35.5. The molecule has 5 nitrogen and oxygen atoms in total. The quantitative estimate of drug-likeness (QED) is 0.636. The van der Waals surface area contributed by atoms with E-state index in [9.17, 15) is 4.79 Å². The molecule has 2 aromatic rings. The van der Waals surface area contributed by atoms with Crippen LogP contribution in [-0.2, 0) is 4.79 Å². The summed E-state index contributed by atoms with van der Waals surface area (Å²) < 4.78 is 16.5. The van der Waals surface area contributed by atoms with E-state index < -0.39 is 0 Å². The van der Waals surface area contributed by atoms with Crippen LogP contribution in [0.15, 0.2) is 36.4 Å². The van der Waals surface area contributed by atoms with Crippen LogP contribution >= 0.6 is 35.1 Å². The molecule has 1 amide bonds. The van der Waals surface area contributed by atoms with Crippen LogP contribution in [0.3, 0.4) is 0 Å². The van der Waals surface area contributed by atoms with Crippen molar-refractivity contribution in [2.45, 2.75) is 11.0 Å². The molecular weight excluding hydrogens is 418 g/mol. The Hall–Kier alpha value is -1.70. The molecule has 1 N–H and O–H groups in total. The summed E-state index contributed by atoms with van der Waals surface area (Å²) in [5, 5.41) is 3.17. The van der Waals surface area contributed by atoms with E-state index in [0.29, 0.717) is 32.5 Å². The Bertz CT molecular complexity index is 811. The third-order valence-electron chi connectivity index (χ3n) is 4.10. The van der Waals surface area contributed by atoms with Gasteiger partial charge < -0.3 is 19.5 Å². The van der Waals surface area contributed by atoms with E-state index >= 15 is 0 Å². The van der Waals surface area contributed by atoms with Gasteiger partial charge in [0, 0.05) is 12.1 Å². The van der Waals surface area contributed by atoms with E-state index in [1.54, 1.807) is 12.1 Å². The second kappa shape index (κ2) is 10.2. The highest BCUT2D eigenvalue weighted by Gasteiger charge is 2.17. The maximum absolute atomic E-state index is 12.3. The lowest BCUT2D eigenvalue weighted by Crippen LogP contribution is -2.20. The monoisotopic (exact) mass is 439 g/mol. The van der Waals surface area contributed by atoms with Crippen LogP contribution in [0, 0.1) is 0 Å². The van der Waals surface area contributed by atoms with Crippen LogP contribution in [0.5, 0.6) is 17.2 Å². The lowest BCUT2D eigenvalue weighted by Gasteiger charge is -2.21. The standard InChI is InChI=1S/C20H22ClNO4S2/c1-24-17-11-16(18(25-2)10-15(17)21)22-19(23)12-26-14-6-4-13(5-7-14)20-27-8-3-9-28-20/h4-7,10-11,20H,3,8-9,12H2,1-2H3,(H,22,23). The number of carbonyl (C=O) groups excluding carboxylic acids is 1. The molecule has 1 aliphatic rings. The van der Waals surface area contributed by atoms with Gasteiger partial charge in [-0.05, 0) is 35.6 Å². The summed E-state index contributed by atoms with van der Waals surface area (Å²) in [6, 6.07) is 11.2. The van der Waals surface area contributed by atoms with Crippen molar-refractivity contribution in [3.05, 3.63) is 47.0 Å². The van der Waals surface area contributed by atoms with Crippen molar-refractivity contribution in [1.82, 2.24) is 0 Å². The first kappa shape index (κ1) is 21.0. The predicted molar refractivity (Wildman–Crippen MR) is 117 cm³/mol. The Balaban J connectivity index is 1.57. The number of carbonyl (C=O) groups is 1. The van der Waals surface area contributed by atoms with E-state index in [1.807, 2.05) is 35.7 Å². The number of rotatable bonds is 7. The van der Waals surface area contributed by atoms with Gasteiger partial charge in [-0.3, -0.25) is 4.79 Å². The van der Waals surface area contributed by atoms with Crippen molar-refractivity contribution in [1.29, 1.82) is 0 Å². The molecule has 2 aromatic carbocycles. The maximum Gasteiger partial charge on any atom is 0.262 e. The van der Waals surface area contributed by atoms with E-state index in [-0.39, 0.29) is 12.5 Å². The fourth-order valence-electron chi connectivity index (χ4n) is 2.69. The summed E-state index contributed by atoms with van der Waals surface area (Å²) >= 11 is 10.0. The molecule has 1 heterocycles. The minimum atomic E-state index is -0.301. The number of methoxy groups -OCH3 is 2. The molecular formula is C20H22ClNO4S2. The summed E-state index contributed by atoms with van der Waals surface area (Å²) in [7, 11) is 3.02. The lowest BCUT2D eigenvalue weighted by molar-refractivity contribution is -0.118. The first-order valence-electron chi connectivity index (χ1n) is 8.78. The van der Waals surface area contributed by atoms with Gasteiger partial charge in [-0.25, -0.2) is 0 Å². The molecule has 3 rings (SSSR count). The van der Waals surface area contributed by atoms with Gasteiger partial charge >= 0.3 is 0 Å². The van der Waals surface area contributed by atoms with E-state index in [2.05, 4.69) is 17.4 Å². The van der Waals surface area contributed by atoms with Crippen molar-refractivity contribution in [3.63, 3.8) is 0 Å². The zero-order valence-corrected chi connectivity index (χ0v) is 18.1. The van der Waals surface area contributed by atoms with Crippen molar-refractivity contribution >= 4 is 46.7 Å². The van der Waals surface area contributed by atoms with Crippen molar-refractivity contribution in [2.24, 2.45) is 0 Å². The number of benzene rings is 2. The van der Waals surface area contributed by atoms with Crippen LogP contribution in [0.4, 0.5) is 5.69 Å². The van der Waals surface area contributed by atoms with Crippen LogP contribution in [0.1, 0.15) is 16.6 Å². The molecule has 0 aromatic heterocycles. The van der Waals surface area contributed by atoms with Crippen molar-refractivity contribution in [3.8, 4) is 17.2 Å². The number of nitrogens with one attached hydrogen (secondary N) is 1. The third-order valence-corrected chi connectivity index (χ3v) is 7.41. The van der Waals surface area contributed by atoms with Crippen LogP contribution < -0.4 is 19.5 Å². The summed E-state index contributed by atoms with van der Waals surface area (Å²) in [6.07, 6.45) is 1.27. The predicted octanol–water partition coefficient (Wildman–Crippen LogP) is 5.24. The summed E-state index contributed by atoms with van der Waals surface area (Å²) in [6.45, 7) is -0.111. The Morgan fingerprint density at radius 1 is 1.11 bits per heavy atom. The van der Waals surface area contributed by atoms with Crippen molar-refractivity contribution in [2.75, 3.05) is 37.6 Å². The Labute approximate surface area is 178 Å². The molecule has 0 spiro atoms. The largest absolute Gasteiger partial charge is 0.495 e.